The molecule has 104 valence electrons. The number of benzene rings is 1. The fourth-order valence-electron chi connectivity index (χ4n) is 2.51. The maximum atomic E-state index is 12.1. The van der Waals surface area contributed by atoms with Crippen molar-refractivity contribution in [2.45, 2.75) is 39.2 Å². The highest BCUT2D eigenvalue weighted by Gasteiger charge is 2.24. The third-order valence-corrected chi connectivity index (χ3v) is 3.97. The normalized spacial score (nSPS) is 19.9. The first-order chi connectivity index (χ1) is 9.08. The van der Waals surface area contributed by atoms with Gasteiger partial charge in [0.15, 0.2) is 0 Å². The molecule has 1 aromatic carbocycles. The lowest BCUT2D eigenvalue weighted by Gasteiger charge is -2.24. The molecular weight excluding hydrogens is 238 g/mol. The van der Waals surface area contributed by atoms with Crippen molar-refractivity contribution in [1.82, 2.24) is 5.32 Å². The highest BCUT2D eigenvalue weighted by Crippen LogP contribution is 2.25. The number of hydrogen-bond acceptors (Lipinski definition) is 2. The third-order valence-electron chi connectivity index (χ3n) is 3.97. The fourth-order valence-corrected chi connectivity index (χ4v) is 2.51. The van der Waals surface area contributed by atoms with Crippen molar-refractivity contribution in [2.75, 3.05) is 6.54 Å². The predicted molar refractivity (Wildman–Crippen MR) is 75.8 cm³/mol. The summed E-state index contributed by atoms with van der Waals surface area (Å²) in [5, 5.41) is 12.6. The Labute approximate surface area is 115 Å². The van der Waals surface area contributed by atoms with E-state index in [4.69, 9.17) is 0 Å². The number of aryl methyl sites for hydroxylation is 1. The number of fused-ring (bicyclic) bond motifs is 1. The van der Waals surface area contributed by atoms with E-state index in [1.807, 2.05) is 19.9 Å². The lowest BCUT2D eigenvalue weighted by molar-refractivity contribution is -0.125. The van der Waals surface area contributed by atoms with Crippen molar-refractivity contribution in [3.63, 3.8) is 0 Å². The molecule has 3 nitrogen and oxygen atoms in total. The Bertz CT molecular complexity index is 442. The van der Waals surface area contributed by atoms with Crippen LogP contribution >= 0.6 is 0 Å². The van der Waals surface area contributed by atoms with Crippen LogP contribution in [-0.2, 0) is 17.6 Å². The second kappa shape index (κ2) is 6.20. The van der Waals surface area contributed by atoms with E-state index < -0.39 is 6.10 Å². The largest absolute Gasteiger partial charge is 0.391 e. The van der Waals surface area contributed by atoms with Gasteiger partial charge >= 0.3 is 0 Å². The molecule has 0 aromatic heterocycles. The maximum Gasteiger partial charge on any atom is 0.223 e. The van der Waals surface area contributed by atoms with Crippen LogP contribution in [0.2, 0.25) is 0 Å². The molecule has 0 heterocycles. The molecule has 0 spiro atoms. The average Bonchev–Trinajstić information content (AvgIpc) is 2.43. The molecule has 0 fully saturated rings. The molecule has 2 N–H and O–H groups in total. The van der Waals surface area contributed by atoms with E-state index >= 15 is 0 Å². The molecule has 0 aliphatic heterocycles. The standard InChI is InChI=1S/C16H23NO2/c1-11(2)15(18)10-17-16(19)14-8-7-12-5-3-4-6-13(12)9-14/h3-6,11,14-15,18H,7-10H2,1-2H3,(H,17,19). The smallest absolute Gasteiger partial charge is 0.223 e. The molecule has 1 aromatic rings. The van der Waals surface area contributed by atoms with Crippen LogP contribution < -0.4 is 5.32 Å². The summed E-state index contributed by atoms with van der Waals surface area (Å²) in [7, 11) is 0. The van der Waals surface area contributed by atoms with Crippen LogP contribution in [0.25, 0.3) is 0 Å². The second-order valence-electron chi connectivity index (χ2n) is 5.76. The van der Waals surface area contributed by atoms with Crippen molar-refractivity contribution in [3.8, 4) is 0 Å². The first-order valence-electron chi connectivity index (χ1n) is 7.10. The zero-order chi connectivity index (χ0) is 13.8. The van der Waals surface area contributed by atoms with Crippen molar-refractivity contribution < 1.29 is 9.90 Å². The second-order valence-corrected chi connectivity index (χ2v) is 5.76. The van der Waals surface area contributed by atoms with Gasteiger partial charge in [-0.1, -0.05) is 38.1 Å². The molecule has 0 bridgehead atoms. The number of aliphatic hydroxyl groups is 1. The van der Waals surface area contributed by atoms with Crippen LogP contribution in [0.1, 0.15) is 31.4 Å². The van der Waals surface area contributed by atoms with Gasteiger partial charge in [-0.15, -0.1) is 0 Å². The summed E-state index contributed by atoms with van der Waals surface area (Å²) in [6, 6.07) is 8.34. The predicted octanol–water partition coefficient (Wildman–Crippen LogP) is 1.92. The van der Waals surface area contributed by atoms with Gasteiger partial charge < -0.3 is 10.4 Å². The average molecular weight is 261 g/mol. The van der Waals surface area contributed by atoms with Gasteiger partial charge in [0, 0.05) is 12.5 Å². The zero-order valence-corrected chi connectivity index (χ0v) is 11.7. The van der Waals surface area contributed by atoms with Crippen molar-refractivity contribution in [3.05, 3.63) is 35.4 Å². The van der Waals surface area contributed by atoms with E-state index in [0.29, 0.717) is 6.54 Å². The quantitative estimate of drug-likeness (QED) is 0.870. The Morgan fingerprint density at radius 2 is 2.05 bits per heavy atom. The molecule has 3 heteroatoms. The van der Waals surface area contributed by atoms with E-state index in [9.17, 15) is 9.90 Å². The minimum atomic E-state index is -0.458. The highest BCUT2D eigenvalue weighted by molar-refractivity contribution is 5.79. The fraction of sp³-hybridized carbons (Fsp3) is 0.562. The Morgan fingerprint density at radius 3 is 2.74 bits per heavy atom. The van der Waals surface area contributed by atoms with Crippen molar-refractivity contribution >= 4 is 5.91 Å². The molecule has 0 saturated carbocycles. The monoisotopic (exact) mass is 261 g/mol. The summed E-state index contributed by atoms with van der Waals surface area (Å²) in [5.41, 5.74) is 2.66. The van der Waals surface area contributed by atoms with Gasteiger partial charge in [0.2, 0.25) is 5.91 Å². The first kappa shape index (κ1) is 14.1. The van der Waals surface area contributed by atoms with Crippen LogP contribution in [-0.4, -0.2) is 23.7 Å². The molecule has 0 saturated heterocycles. The van der Waals surface area contributed by atoms with E-state index in [2.05, 4.69) is 23.5 Å². The molecule has 1 aliphatic rings. The minimum Gasteiger partial charge on any atom is -0.391 e. The Morgan fingerprint density at radius 1 is 1.37 bits per heavy atom. The van der Waals surface area contributed by atoms with Crippen LogP contribution in [0.3, 0.4) is 0 Å². The first-order valence-corrected chi connectivity index (χ1v) is 7.10. The van der Waals surface area contributed by atoms with Crippen LogP contribution in [0, 0.1) is 11.8 Å². The topological polar surface area (TPSA) is 49.3 Å². The van der Waals surface area contributed by atoms with Gasteiger partial charge in [0.25, 0.3) is 0 Å². The molecule has 2 rings (SSSR count). The van der Waals surface area contributed by atoms with E-state index in [-0.39, 0.29) is 17.7 Å². The number of aliphatic hydroxyl groups excluding tert-OH is 1. The molecule has 1 aliphatic carbocycles. The Balaban J connectivity index is 1.89. The lowest BCUT2D eigenvalue weighted by Crippen LogP contribution is -2.39. The van der Waals surface area contributed by atoms with E-state index in [1.54, 1.807) is 0 Å². The molecule has 2 atom stereocenters. The van der Waals surface area contributed by atoms with Crippen molar-refractivity contribution in [1.29, 1.82) is 0 Å². The number of amides is 1. The molecule has 0 radical (unpaired) electrons. The van der Waals surface area contributed by atoms with Crippen molar-refractivity contribution in [2.24, 2.45) is 11.8 Å². The highest BCUT2D eigenvalue weighted by atomic mass is 16.3. The number of carbonyl (C=O) groups is 1. The van der Waals surface area contributed by atoms with Crippen LogP contribution in [0.5, 0.6) is 0 Å². The van der Waals surface area contributed by atoms with E-state index in [1.165, 1.54) is 11.1 Å². The summed E-state index contributed by atoms with van der Waals surface area (Å²) < 4.78 is 0. The number of carbonyl (C=O) groups excluding carboxylic acids is 1. The van der Waals surface area contributed by atoms with Gasteiger partial charge in [-0.05, 0) is 36.3 Å². The number of hydrogen-bond donors (Lipinski definition) is 2. The zero-order valence-electron chi connectivity index (χ0n) is 11.7. The van der Waals surface area contributed by atoms with Gasteiger partial charge in [-0.2, -0.15) is 0 Å². The molecular formula is C16H23NO2. The number of rotatable bonds is 4. The summed E-state index contributed by atoms with van der Waals surface area (Å²) >= 11 is 0. The van der Waals surface area contributed by atoms with Gasteiger partial charge in [0.1, 0.15) is 0 Å². The minimum absolute atomic E-state index is 0.0502. The van der Waals surface area contributed by atoms with Crippen LogP contribution in [0.4, 0.5) is 0 Å². The van der Waals surface area contributed by atoms with Gasteiger partial charge in [-0.25, -0.2) is 0 Å². The molecule has 2 unspecified atom stereocenters. The summed E-state index contributed by atoms with van der Waals surface area (Å²) in [6.45, 7) is 4.26. The summed E-state index contributed by atoms with van der Waals surface area (Å²) in [4.78, 5) is 12.1. The summed E-state index contributed by atoms with van der Waals surface area (Å²) in [6.07, 6.45) is 2.24. The molecule has 19 heavy (non-hydrogen) atoms. The summed E-state index contributed by atoms with van der Waals surface area (Å²) in [5.74, 6) is 0.302. The molecule has 1 amide bonds. The Kier molecular flexibility index (Phi) is 4.59. The lowest BCUT2D eigenvalue weighted by atomic mass is 9.83. The Hall–Kier alpha value is -1.35. The van der Waals surface area contributed by atoms with Gasteiger partial charge in [-0.3, -0.25) is 4.79 Å². The maximum absolute atomic E-state index is 12.1. The third kappa shape index (κ3) is 3.57. The van der Waals surface area contributed by atoms with E-state index in [0.717, 1.165) is 19.3 Å². The van der Waals surface area contributed by atoms with Crippen LogP contribution in [0.15, 0.2) is 24.3 Å². The SMILES string of the molecule is CC(C)C(O)CNC(=O)C1CCc2ccccc2C1. The van der Waals surface area contributed by atoms with Gasteiger partial charge in [0.05, 0.1) is 6.10 Å². The number of nitrogens with one attached hydrogen (secondary N) is 1.